The molecule has 2 aromatic rings. The Balaban J connectivity index is 1.83. The second-order valence-electron chi connectivity index (χ2n) is 5.16. The molecule has 0 heterocycles. The largest absolute Gasteiger partial charge is 0.416 e. The zero-order valence-corrected chi connectivity index (χ0v) is 12.7. The van der Waals surface area contributed by atoms with E-state index in [1.807, 2.05) is 0 Å². The van der Waals surface area contributed by atoms with Gasteiger partial charge in [-0.3, -0.25) is 0 Å². The number of aliphatic hydroxyl groups excluding tert-OH is 1. The average molecular weight is 338 g/mol. The Morgan fingerprint density at radius 3 is 2.08 bits per heavy atom. The third-order valence-electron chi connectivity index (χ3n) is 3.46. The van der Waals surface area contributed by atoms with Crippen molar-refractivity contribution in [2.45, 2.75) is 25.9 Å². The molecule has 0 aliphatic rings. The summed E-state index contributed by atoms with van der Waals surface area (Å²) in [6.45, 7) is 0.242. The van der Waals surface area contributed by atoms with E-state index >= 15 is 0 Å². The third kappa shape index (κ3) is 4.99. The molecule has 0 radical (unpaired) electrons. The van der Waals surface area contributed by atoms with Crippen LogP contribution in [0, 0.1) is 0 Å². The molecule has 2 aromatic carbocycles. The van der Waals surface area contributed by atoms with E-state index in [0.29, 0.717) is 5.56 Å². The summed E-state index contributed by atoms with van der Waals surface area (Å²) in [5.41, 5.74) is 1.36. The topological polar surface area (TPSA) is 61.4 Å². The fourth-order valence-corrected chi connectivity index (χ4v) is 2.12. The van der Waals surface area contributed by atoms with Gasteiger partial charge in [0, 0.05) is 13.1 Å². The summed E-state index contributed by atoms with van der Waals surface area (Å²) in [5.74, 6) is 0. The van der Waals surface area contributed by atoms with Crippen LogP contribution in [0.1, 0.15) is 22.3 Å². The zero-order valence-electron chi connectivity index (χ0n) is 12.7. The molecule has 0 aliphatic carbocycles. The van der Waals surface area contributed by atoms with Crippen LogP contribution in [0.4, 0.5) is 18.0 Å². The van der Waals surface area contributed by atoms with E-state index in [1.54, 1.807) is 24.3 Å². The number of urea groups is 1. The molecule has 24 heavy (non-hydrogen) atoms. The lowest BCUT2D eigenvalue weighted by Gasteiger charge is -2.11. The molecular formula is C17H17F3N2O2. The van der Waals surface area contributed by atoms with Crippen molar-refractivity contribution in [1.29, 1.82) is 0 Å². The average Bonchev–Trinajstić information content (AvgIpc) is 2.58. The maximum Gasteiger partial charge on any atom is 0.416 e. The van der Waals surface area contributed by atoms with Crippen LogP contribution in [0.25, 0.3) is 0 Å². The Hall–Kier alpha value is -2.54. The molecule has 0 saturated carbocycles. The minimum Gasteiger partial charge on any atom is -0.392 e. The fraction of sp³-hybridized carbons (Fsp3) is 0.235. The molecule has 7 heteroatoms. The number of carbonyl (C=O) groups is 1. The Morgan fingerprint density at radius 1 is 0.917 bits per heavy atom. The molecule has 0 spiro atoms. The summed E-state index contributed by atoms with van der Waals surface area (Å²) in [4.78, 5) is 11.8. The van der Waals surface area contributed by atoms with Gasteiger partial charge in [0.2, 0.25) is 0 Å². The van der Waals surface area contributed by atoms with Crippen molar-refractivity contribution >= 4 is 6.03 Å². The highest BCUT2D eigenvalue weighted by Crippen LogP contribution is 2.29. The molecule has 4 nitrogen and oxygen atoms in total. The first-order valence-corrected chi connectivity index (χ1v) is 7.25. The number of rotatable bonds is 5. The molecule has 2 rings (SSSR count). The van der Waals surface area contributed by atoms with E-state index in [0.717, 1.165) is 23.3 Å². The molecule has 128 valence electrons. The van der Waals surface area contributed by atoms with Crippen molar-refractivity contribution in [3.63, 3.8) is 0 Å². The molecule has 2 amide bonds. The van der Waals surface area contributed by atoms with Gasteiger partial charge in [0.1, 0.15) is 0 Å². The predicted molar refractivity (Wildman–Crippen MR) is 82.9 cm³/mol. The van der Waals surface area contributed by atoms with Crippen molar-refractivity contribution in [1.82, 2.24) is 10.6 Å². The van der Waals surface area contributed by atoms with Gasteiger partial charge in [-0.05, 0) is 28.8 Å². The van der Waals surface area contributed by atoms with Crippen LogP contribution in [0.2, 0.25) is 0 Å². The van der Waals surface area contributed by atoms with Gasteiger partial charge in [-0.25, -0.2) is 4.79 Å². The molecule has 0 atom stereocenters. The molecule has 0 saturated heterocycles. The van der Waals surface area contributed by atoms with Gasteiger partial charge in [-0.2, -0.15) is 13.2 Å². The number of alkyl halides is 3. The lowest BCUT2D eigenvalue weighted by molar-refractivity contribution is -0.137. The third-order valence-corrected chi connectivity index (χ3v) is 3.46. The summed E-state index contributed by atoms with van der Waals surface area (Å²) in [5, 5.41) is 14.4. The van der Waals surface area contributed by atoms with Crippen molar-refractivity contribution in [3.05, 3.63) is 70.8 Å². The Labute approximate surface area is 137 Å². The number of hydrogen-bond donors (Lipinski definition) is 3. The van der Waals surface area contributed by atoms with Gasteiger partial charge < -0.3 is 15.7 Å². The highest BCUT2D eigenvalue weighted by molar-refractivity contribution is 5.73. The van der Waals surface area contributed by atoms with Gasteiger partial charge in [-0.15, -0.1) is 0 Å². The molecule has 0 aliphatic heterocycles. The first-order chi connectivity index (χ1) is 11.4. The summed E-state index contributed by atoms with van der Waals surface area (Å²) in [7, 11) is 0. The van der Waals surface area contributed by atoms with Crippen LogP contribution < -0.4 is 10.6 Å². The molecule has 0 bridgehead atoms. The molecule has 0 aromatic heterocycles. The number of carbonyl (C=O) groups excluding carboxylic acids is 1. The Morgan fingerprint density at radius 2 is 1.50 bits per heavy atom. The first-order valence-electron chi connectivity index (χ1n) is 7.25. The minimum absolute atomic E-state index is 0.117. The van der Waals surface area contributed by atoms with Gasteiger partial charge in [0.05, 0.1) is 12.2 Å². The standard InChI is InChI=1S/C17H17F3N2O2/c18-17(19,20)15-7-5-12(6-8-15)9-21-16(24)22-10-13-3-1-2-4-14(13)11-23/h1-8,23H,9-11H2,(H2,21,22,24). The van der Waals surface area contributed by atoms with Gasteiger partial charge >= 0.3 is 12.2 Å². The Kier molecular flexibility index (Phi) is 5.81. The Bertz CT molecular complexity index is 685. The SMILES string of the molecule is O=C(NCc1ccc(C(F)(F)F)cc1)NCc1ccccc1CO. The monoisotopic (exact) mass is 338 g/mol. The fourth-order valence-electron chi connectivity index (χ4n) is 2.12. The summed E-state index contributed by atoms with van der Waals surface area (Å²) >= 11 is 0. The maximum atomic E-state index is 12.5. The van der Waals surface area contributed by atoms with Crippen molar-refractivity contribution in [3.8, 4) is 0 Å². The highest BCUT2D eigenvalue weighted by Gasteiger charge is 2.29. The maximum absolute atomic E-state index is 12.5. The van der Waals surface area contributed by atoms with Crippen LogP contribution >= 0.6 is 0 Å². The number of amides is 2. The summed E-state index contributed by atoms with van der Waals surface area (Å²) in [6.07, 6.45) is -4.37. The van der Waals surface area contributed by atoms with Crippen molar-refractivity contribution < 1.29 is 23.1 Å². The predicted octanol–water partition coefficient (Wildman–Crippen LogP) is 3.20. The zero-order chi connectivity index (χ0) is 17.6. The second kappa shape index (κ2) is 7.83. The van der Waals surface area contributed by atoms with E-state index in [9.17, 15) is 23.1 Å². The highest BCUT2D eigenvalue weighted by atomic mass is 19.4. The number of nitrogens with one attached hydrogen (secondary N) is 2. The summed E-state index contributed by atoms with van der Waals surface area (Å²) < 4.78 is 37.4. The van der Waals surface area contributed by atoms with Crippen molar-refractivity contribution in [2.75, 3.05) is 0 Å². The van der Waals surface area contributed by atoms with Crippen molar-refractivity contribution in [2.24, 2.45) is 0 Å². The minimum atomic E-state index is -4.37. The molecule has 0 fully saturated rings. The van der Waals surface area contributed by atoms with Gasteiger partial charge in [0.25, 0.3) is 0 Å². The molecular weight excluding hydrogens is 321 g/mol. The van der Waals surface area contributed by atoms with Gasteiger partial charge in [0.15, 0.2) is 0 Å². The van der Waals surface area contributed by atoms with Crippen LogP contribution in [0.5, 0.6) is 0 Å². The van der Waals surface area contributed by atoms with Crippen LogP contribution in [0.15, 0.2) is 48.5 Å². The molecule has 3 N–H and O–H groups in total. The normalized spacial score (nSPS) is 11.2. The molecule has 0 unspecified atom stereocenters. The number of hydrogen-bond acceptors (Lipinski definition) is 2. The van der Waals surface area contributed by atoms with Crippen LogP contribution in [-0.4, -0.2) is 11.1 Å². The quantitative estimate of drug-likeness (QED) is 0.784. The van der Waals surface area contributed by atoms with Crippen LogP contribution in [0.3, 0.4) is 0 Å². The van der Waals surface area contributed by atoms with E-state index in [4.69, 9.17) is 0 Å². The van der Waals surface area contributed by atoms with Crippen LogP contribution in [-0.2, 0) is 25.9 Å². The van der Waals surface area contributed by atoms with E-state index in [2.05, 4.69) is 10.6 Å². The number of halogens is 3. The second-order valence-corrected chi connectivity index (χ2v) is 5.16. The lowest BCUT2D eigenvalue weighted by Crippen LogP contribution is -2.34. The van der Waals surface area contributed by atoms with E-state index in [-0.39, 0.29) is 19.7 Å². The summed E-state index contributed by atoms with van der Waals surface area (Å²) in [6, 6.07) is 11.3. The van der Waals surface area contributed by atoms with E-state index in [1.165, 1.54) is 12.1 Å². The van der Waals surface area contributed by atoms with E-state index < -0.39 is 17.8 Å². The lowest BCUT2D eigenvalue weighted by atomic mass is 10.1. The number of benzene rings is 2. The van der Waals surface area contributed by atoms with Gasteiger partial charge in [-0.1, -0.05) is 36.4 Å². The number of aliphatic hydroxyl groups is 1. The first kappa shape index (κ1) is 17.8. The smallest absolute Gasteiger partial charge is 0.392 e.